The minimum absolute atomic E-state index is 0.103. The zero-order valence-electron chi connectivity index (χ0n) is 15.4. The van der Waals surface area contributed by atoms with E-state index >= 15 is 0 Å². The molecule has 2 aliphatic rings. The third kappa shape index (κ3) is 3.95. The minimum Gasteiger partial charge on any atom is -0.454 e. The SMILES string of the molecule is CC(=O)N(CCC(=O)Nc1ccc2c(c1)OCO2)Cc1ccc2c(c1)OCO2. The Balaban J connectivity index is 1.33. The van der Waals surface area contributed by atoms with Gasteiger partial charge in [0.05, 0.1) is 0 Å². The number of nitrogens with zero attached hydrogens (tertiary/aromatic N) is 1. The van der Waals surface area contributed by atoms with E-state index in [4.69, 9.17) is 18.9 Å². The van der Waals surface area contributed by atoms with Crippen LogP contribution in [0.25, 0.3) is 0 Å². The van der Waals surface area contributed by atoms with E-state index in [-0.39, 0.29) is 31.8 Å². The Labute approximate surface area is 161 Å². The number of nitrogens with one attached hydrogen (secondary N) is 1. The Morgan fingerprint density at radius 3 is 2.29 bits per heavy atom. The van der Waals surface area contributed by atoms with Crippen molar-refractivity contribution in [2.45, 2.75) is 19.9 Å². The molecule has 28 heavy (non-hydrogen) atoms. The van der Waals surface area contributed by atoms with E-state index in [2.05, 4.69) is 5.32 Å². The van der Waals surface area contributed by atoms with Gasteiger partial charge in [-0.25, -0.2) is 0 Å². The number of hydrogen-bond acceptors (Lipinski definition) is 6. The summed E-state index contributed by atoms with van der Waals surface area (Å²) in [6.07, 6.45) is 0.179. The number of ether oxygens (including phenoxy) is 4. The molecule has 0 radical (unpaired) electrons. The van der Waals surface area contributed by atoms with Crippen LogP contribution in [0.1, 0.15) is 18.9 Å². The van der Waals surface area contributed by atoms with Crippen molar-refractivity contribution in [1.82, 2.24) is 4.90 Å². The first-order valence-corrected chi connectivity index (χ1v) is 8.92. The van der Waals surface area contributed by atoms with Crippen molar-refractivity contribution in [3.63, 3.8) is 0 Å². The van der Waals surface area contributed by atoms with E-state index in [1.807, 2.05) is 18.2 Å². The second kappa shape index (κ2) is 7.67. The van der Waals surface area contributed by atoms with Crippen LogP contribution in [0.2, 0.25) is 0 Å². The lowest BCUT2D eigenvalue weighted by Crippen LogP contribution is -2.31. The second-order valence-electron chi connectivity index (χ2n) is 6.49. The molecule has 0 aromatic heterocycles. The molecular formula is C20H20N2O6. The van der Waals surface area contributed by atoms with E-state index < -0.39 is 0 Å². The maximum atomic E-state index is 12.3. The van der Waals surface area contributed by atoms with Crippen LogP contribution in [0.5, 0.6) is 23.0 Å². The maximum absolute atomic E-state index is 12.3. The lowest BCUT2D eigenvalue weighted by atomic mass is 10.2. The highest BCUT2D eigenvalue weighted by atomic mass is 16.7. The topological polar surface area (TPSA) is 86.3 Å². The molecule has 0 aliphatic carbocycles. The number of carbonyl (C=O) groups is 2. The fraction of sp³-hybridized carbons (Fsp3) is 0.300. The second-order valence-corrected chi connectivity index (χ2v) is 6.49. The van der Waals surface area contributed by atoms with Crippen LogP contribution >= 0.6 is 0 Å². The summed E-state index contributed by atoms with van der Waals surface area (Å²) in [6.45, 7) is 2.57. The Kier molecular flexibility index (Phi) is 4.92. The number of rotatable bonds is 6. The van der Waals surface area contributed by atoms with Gasteiger partial charge in [0.15, 0.2) is 23.0 Å². The molecule has 0 atom stereocenters. The average Bonchev–Trinajstić information content (AvgIpc) is 3.32. The van der Waals surface area contributed by atoms with Crippen molar-refractivity contribution in [3.8, 4) is 23.0 Å². The number of benzene rings is 2. The Morgan fingerprint density at radius 1 is 0.929 bits per heavy atom. The van der Waals surface area contributed by atoms with Crippen molar-refractivity contribution < 1.29 is 28.5 Å². The van der Waals surface area contributed by atoms with Gasteiger partial charge in [-0.2, -0.15) is 0 Å². The van der Waals surface area contributed by atoms with Gasteiger partial charge in [-0.1, -0.05) is 6.07 Å². The molecular weight excluding hydrogens is 364 g/mol. The minimum atomic E-state index is -0.184. The lowest BCUT2D eigenvalue weighted by Gasteiger charge is -2.21. The number of hydrogen-bond donors (Lipinski definition) is 1. The van der Waals surface area contributed by atoms with Gasteiger partial charge in [0.1, 0.15) is 0 Å². The van der Waals surface area contributed by atoms with Crippen molar-refractivity contribution in [1.29, 1.82) is 0 Å². The highest BCUT2D eigenvalue weighted by Crippen LogP contribution is 2.34. The molecule has 2 heterocycles. The summed E-state index contributed by atoms with van der Waals surface area (Å²) in [6, 6.07) is 10.8. The molecule has 0 saturated carbocycles. The molecule has 2 aliphatic heterocycles. The molecule has 0 bridgehead atoms. The molecule has 2 aromatic carbocycles. The Hall–Kier alpha value is -3.42. The van der Waals surface area contributed by atoms with E-state index in [9.17, 15) is 9.59 Å². The molecule has 0 unspecified atom stereocenters. The molecule has 0 saturated heterocycles. The third-order valence-corrected chi connectivity index (χ3v) is 4.52. The zero-order chi connectivity index (χ0) is 19.5. The van der Waals surface area contributed by atoms with Gasteiger partial charge in [-0.05, 0) is 29.8 Å². The molecule has 4 rings (SSSR count). The largest absolute Gasteiger partial charge is 0.454 e. The summed E-state index contributed by atoms with van der Waals surface area (Å²) in [4.78, 5) is 25.9. The normalized spacial score (nSPS) is 13.3. The van der Waals surface area contributed by atoms with Gasteiger partial charge in [0.2, 0.25) is 25.4 Å². The van der Waals surface area contributed by atoms with Crippen molar-refractivity contribution in [2.75, 3.05) is 25.4 Å². The first-order valence-electron chi connectivity index (χ1n) is 8.92. The summed E-state index contributed by atoms with van der Waals surface area (Å²) >= 11 is 0. The first-order chi connectivity index (χ1) is 13.6. The predicted molar refractivity (Wildman–Crippen MR) is 99.5 cm³/mol. The summed E-state index contributed by atoms with van der Waals surface area (Å²) in [5.74, 6) is 2.34. The average molecular weight is 384 g/mol. The van der Waals surface area contributed by atoms with Crippen LogP contribution in [0.15, 0.2) is 36.4 Å². The van der Waals surface area contributed by atoms with E-state index in [0.29, 0.717) is 41.8 Å². The Morgan fingerprint density at radius 2 is 1.57 bits per heavy atom. The highest BCUT2D eigenvalue weighted by Gasteiger charge is 2.17. The summed E-state index contributed by atoms with van der Waals surface area (Å²) < 4.78 is 21.2. The summed E-state index contributed by atoms with van der Waals surface area (Å²) in [5.41, 5.74) is 1.54. The van der Waals surface area contributed by atoms with Crippen LogP contribution < -0.4 is 24.3 Å². The van der Waals surface area contributed by atoms with Crippen LogP contribution in [0, 0.1) is 0 Å². The molecule has 8 heteroatoms. The molecule has 0 spiro atoms. The zero-order valence-corrected chi connectivity index (χ0v) is 15.4. The quantitative estimate of drug-likeness (QED) is 0.824. The van der Waals surface area contributed by atoms with Gasteiger partial charge in [0.25, 0.3) is 0 Å². The van der Waals surface area contributed by atoms with Crippen LogP contribution in [0.3, 0.4) is 0 Å². The molecule has 2 amide bonds. The van der Waals surface area contributed by atoms with Crippen LogP contribution in [0.4, 0.5) is 5.69 Å². The standard InChI is InChI=1S/C20H20N2O6/c1-13(23)22(10-14-2-4-16-18(8-14)27-11-25-16)7-6-20(24)21-15-3-5-17-19(9-15)28-12-26-17/h2-5,8-9H,6-7,10-12H2,1H3,(H,21,24). The molecule has 2 aromatic rings. The van der Waals surface area contributed by atoms with Crippen LogP contribution in [-0.4, -0.2) is 36.8 Å². The van der Waals surface area contributed by atoms with Gasteiger partial charge >= 0.3 is 0 Å². The van der Waals surface area contributed by atoms with E-state index in [1.165, 1.54) is 6.92 Å². The number of carbonyl (C=O) groups excluding carboxylic acids is 2. The predicted octanol–water partition coefficient (Wildman–Crippen LogP) is 2.52. The lowest BCUT2D eigenvalue weighted by molar-refractivity contribution is -0.129. The van der Waals surface area contributed by atoms with Crippen molar-refractivity contribution in [3.05, 3.63) is 42.0 Å². The highest BCUT2D eigenvalue weighted by molar-refractivity contribution is 5.91. The smallest absolute Gasteiger partial charge is 0.231 e. The Bertz CT molecular complexity index is 914. The molecule has 8 nitrogen and oxygen atoms in total. The van der Waals surface area contributed by atoms with Gasteiger partial charge < -0.3 is 29.2 Å². The summed E-state index contributed by atoms with van der Waals surface area (Å²) in [5, 5.41) is 2.81. The molecule has 0 fully saturated rings. The number of amides is 2. The fourth-order valence-electron chi connectivity index (χ4n) is 3.04. The van der Waals surface area contributed by atoms with Gasteiger partial charge in [0, 0.05) is 38.2 Å². The van der Waals surface area contributed by atoms with Crippen molar-refractivity contribution in [2.24, 2.45) is 0 Å². The van der Waals surface area contributed by atoms with Crippen LogP contribution in [-0.2, 0) is 16.1 Å². The summed E-state index contributed by atoms with van der Waals surface area (Å²) in [7, 11) is 0. The fourth-order valence-corrected chi connectivity index (χ4v) is 3.04. The van der Waals surface area contributed by atoms with Gasteiger partial charge in [-0.3, -0.25) is 9.59 Å². The third-order valence-electron chi connectivity index (χ3n) is 4.52. The maximum Gasteiger partial charge on any atom is 0.231 e. The number of anilines is 1. The van der Waals surface area contributed by atoms with E-state index in [1.54, 1.807) is 23.1 Å². The first kappa shape index (κ1) is 18.0. The van der Waals surface area contributed by atoms with E-state index in [0.717, 1.165) is 5.56 Å². The molecule has 146 valence electrons. The van der Waals surface area contributed by atoms with Crippen molar-refractivity contribution >= 4 is 17.5 Å². The monoisotopic (exact) mass is 384 g/mol. The molecule has 1 N–H and O–H groups in total. The number of fused-ring (bicyclic) bond motifs is 2. The van der Waals surface area contributed by atoms with Gasteiger partial charge in [-0.15, -0.1) is 0 Å².